The number of rotatable bonds is 7. The molecule has 112 valence electrons. The van der Waals surface area contributed by atoms with Crippen LogP contribution in [0.15, 0.2) is 29.2 Å². The summed E-state index contributed by atoms with van der Waals surface area (Å²) in [7, 11) is -2.50. The van der Waals surface area contributed by atoms with Crippen LogP contribution in [0.5, 0.6) is 0 Å². The Kier molecular flexibility index (Phi) is 6.16. The third kappa shape index (κ3) is 4.05. The molecule has 6 heteroatoms. The van der Waals surface area contributed by atoms with Crippen molar-refractivity contribution in [2.45, 2.75) is 44.0 Å². The number of carbonyl (C=O) groups is 1. The van der Waals surface area contributed by atoms with Gasteiger partial charge in [-0.15, -0.1) is 0 Å². The molecule has 5 nitrogen and oxygen atoms in total. The van der Waals surface area contributed by atoms with Gasteiger partial charge >= 0.3 is 5.97 Å². The highest BCUT2D eigenvalue weighted by molar-refractivity contribution is 7.89. The van der Waals surface area contributed by atoms with Gasteiger partial charge in [0.1, 0.15) is 0 Å². The molecule has 0 spiro atoms. The summed E-state index contributed by atoms with van der Waals surface area (Å²) in [6, 6.07) is 5.92. The maximum absolute atomic E-state index is 12.4. The zero-order chi connectivity index (χ0) is 15.2. The first-order valence-electron chi connectivity index (χ1n) is 6.65. The van der Waals surface area contributed by atoms with Crippen molar-refractivity contribution in [2.24, 2.45) is 0 Å². The summed E-state index contributed by atoms with van der Waals surface area (Å²) in [6.45, 7) is 3.93. The molecule has 0 bridgehead atoms. The molecule has 0 aliphatic rings. The molecular formula is C14H21NO4S. The fourth-order valence-electron chi connectivity index (χ4n) is 1.96. The minimum absolute atomic E-state index is 0.0404. The van der Waals surface area contributed by atoms with E-state index in [-0.39, 0.29) is 16.5 Å². The molecule has 1 unspecified atom stereocenters. The highest BCUT2D eigenvalue weighted by Gasteiger charge is 2.24. The van der Waals surface area contributed by atoms with Gasteiger partial charge in [0, 0.05) is 6.04 Å². The highest BCUT2D eigenvalue weighted by Crippen LogP contribution is 2.17. The van der Waals surface area contributed by atoms with Crippen molar-refractivity contribution in [2.75, 3.05) is 7.11 Å². The third-order valence-corrected chi connectivity index (χ3v) is 4.61. The van der Waals surface area contributed by atoms with Crippen LogP contribution in [0.3, 0.4) is 0 Å². The van der Waals surface area contributed by atoms with Crippen LogP contribution in [-0.4, -0.2) is 27.5 Å². The fourth-order valence-corrected chi connectivity index (χ4v) is 3.51. The zero-order valence-electron chi connectivity index (χ0n) is 12.0. The van der Waals surface area contributed by atoms with E-state index in [0.717, 1.165) is 12.8 Å². The predicted octanol–water partition coefficient (Wildman–Crippen LogP) is 2.33. The highest BCUT2D eigenvalue weighted by atomic mass is 32.2. The molecule has 0 aromatic heterocycles. The second-order valence-corrected chi connectivity index (χ2v) is 6.19. The SMILES string of the molecule is CCCC(CC)NS(=O)(=O)c1ccccc1C(=O)OC. The first kappa shape index (κ1) is 16.7. The molecule has 1 aromatic carbocycles. The Morgan fingerprint density at radius 3 is 2.50 bits per heavy atom. The summed E-state index contributed by atoms with van der Waals surface area (Å²) >= 11 is 0. The minimum Gasteiger partial charge on any atom is -0.465 e. The van der Waals surface area contributed by atoms with Crippen molar-refractivity contribution in [3.63, 3.8) is 0 Å². The number of benzene rings is 1. The van der Waals surface area contributed by atoms with Crippen LogP contribution in [0.2, 0.25) is 0 Å². The van der Waals surface area contributed by atoms with Crippen molar-refractivity contribution >= 4 is 16.0 Å². The smallest absolute Gasteiger partial charge is 0.339 e. The molecule has 20 heavy (non-hydrogen) atoms. The summed E-state index contributed by atoms with van der Waals surface area (Å²) in [5, 5.41) is 0. The molecule has 0 radical (unpaired) electrons. The van der Waals surface area contributed by atoms with Gasteiger partial charge in [-0.3, -0.25) is 0 Å². The van der Waals surface area contributed by atoms with Crippen molar-refractivity contribution in [1.29, 1.82) is 0 Å². The number of sulfonamides is 1. The normalized spacial score (nSPS) is 12.9. The summed E-state index contributed by atoms with van der Waals surface area (Å²) < 4.78 is 32.1. The Bertz CT molecular complexity index is 554. The van der Waals surface area contributed by atoms with E-state index < -0.39 is 16.0 Å². The number of hydrogen-bond donors (Lipinski definition) is 1. The Morgan fingerprint density at radius 2 is 1.95 bits per heavy atom. The fraction of sp³-hybridized carbons (Fsp3) is 0.500. The average molecular weight is 299 g/mol. The van der Waals surface area contributed by atoms with Gasteiger partial charge in [0.05, 0.1) is 17.6 Å². The minimum atomic E-state index is -3.73. The predicted molar refractivity (Wildman–Crippen MR) is 77.1 cm³/mol. The molecule has 0 fully saturated rings. The van der Waals surface area contributed by atoms with Crippen LogP contribution in [0.4, 0.5) is 0 Å². The standard InChI is InChI=1S/C14H21NO4S/c1-4-8-11(5-2)15-20(17,18)13-10-7-6-9-12(13)14(16)19-3/h6-7,9-11,15H,4-5,8H2,1-3H3. The second kappa shape index (κ2) is 7.40. The zero-order valence-corrected chi connectivity index (χ0v) is 12.9. The van der Waals surface area contributed by atoms with Crippen molar-refractivity contribution < 1.29 is 17.9 Å². The third-order valence-electron chi connectivity index (χ3n) is 3.03. The van der Waals surface area contributed by atoms with Gasteiger partial charge in [-0.1, -0.05) is 32.4 Å². The first-order valence-corrected chi connectivity index (χ1v) is 8.14. The van der Waals surface area contributed by atoms with Crippen molar-refractivity contribution in [3.8, 4) is 0 Å². The van der Waals surface area contributed by atoms with Crippen molar-refractivity contribution in [1.82, 2.24) is 4.72 Å². The molecule has 0 heterocycles. The topological polar surface area (TPSA) is 72.5 Å². The van der Waals surface area contributed by atoms with E-state index in [2.05, 4.69) is 9.46 Å². The van der Waals surface area contributed by atoms with Gasteiger partial charge in [0.2, 0.25) is 10.0 Å². The Hall–Kier alpha value is -1.40. The van der Waals surface area contributed by atoms with E-state index in [1.807, 2.05) is 13.8 Å². The van der Waals surface area contributed by atoms with E-state index in [1.165, 1.54) is 19.2 Å². The molecule has 1 aromatic rings. The summed E-state index contributed by atoms with van der Waals surface area (Å²) in [5.41, 5.74) is 0.0499. The molecule has 1 N–H and O–H groups in total. The van der Waals surface area contributed by atoms with Gasteiger partial charge < -0.3 is 4.74 Å². The molecule has 0 saturated heterocycles. The van der Waals surface area contributed by atoms with Crippen LogP contribution in [0.1, 0.15) is 43.5 Å². The molecule has 0 aliphatic carbocycles. The monoisotopic (exact) mass is 299 g/mol. The molecule has 1 rings (SSSR count). The maximum atomic E-state index is 12.4. The number of carbonyl (C=O) groups excluding carboxylic acids is 1. The number of hydrogen-bond acceptors (Lipinski definition) is 4. The van der Waals surface area contributed by atoms with Crippen LogP contribution in [0, 0.1) is 0 Å². The first-order chi connectivity index (χ1) is 9.46. The summed E-state index contributed by atoms with van der Waals surface area (Å²) in [5.74, 6) is -0.658. The molecule has 0 saturated carbocycles. The largest absolute Gasteiger partial charge is 0.465 e. The molecular weight excluding hydrogens is 278 g/mol. The van der Waals surface area contributed by atoms with Gasteiger partial charge in [-0.2, -0.15) is 0 Å². The van der Waals surface area contributed by atoms with E-state index in [1.54, 1.807) is 12.1 Å². The average Bonchev–Trinajstić information content (AvgIpc) is 2.45. The Labute approximate surface area is 120 Å². The van der Waals surface area contributed by atoms with E-state index in [9.17, 15) is 13.2 Å². The summed E-state index contributed by atoms with van der Waals surface area (Å²) in [6.07, 6.45) is 2.35. The lowest BCUT2D eigenvalue weighted by atomic mass is 10.1. The molecule has 0 aliphatic heterocycles. The second-order valence-electron chi connectivity index (χ2n) is 4.50. The van der Waals surface area contributed by atoms with E-state index in [0.29, 0.717) is 6.42 Å². The Balaban J connectivity index is 3.12. The lowest BCUT2D eigenvalue weighted by molar-refractivity contribution is 0.0596. The van der Waals surface area contributed by atoms with Crippen molar-refractivity contribution in [3.05, 3.63) is 29.8 Å². The lowest BCUT2D eigenvalue weighted by Crippen LogP contribution is -2.35. The van der Waals surface area contributed by atoms with E-state index >= 15 is 0 Å². The van der Waals surface area contributed by atoms with Crippen LogP contribution < -0.4 is 4.72 Å². The number of nitrogens with one attached hydrogen (secondary N) is 1. The Morgan fingerprint density at radius 1 is 1.30 bits per heavy atom. The van der Waals surface area contributed by atoms with Gasteiger partial charge in [-0.25, -0.2) is 17.9 Å². The lowest BCUT2D eigenvalue weighted by Gasteiger charge is -2.17. The van der Waals surface area contributed by atoms with Crippen LogP contribution in [-0.2, 0) is 14.8 Å². The van der Waals surface area contributed by atoms with Gasteiger partial charge in [-0.05, 0) is 25.0 Å². The summed E-state index contributed by atoms with van der Waals surface area (Å²) in [4.78, 5) is 11.6. The quantitative estimate of drug-likeness (QED) is 0.784. The maximum Gasteiger partial charge on any atom is 0.339 e. The van der Waals surface area contributed by atoms with Crippen LogP contribution >= 0.6 is 0 Å². The van der Waals surface area contributed by atoms with Crippen LogP contribution in [0.25, 0.3) is 0 Å². The molecule has 0 amide bonds. The number of ether oxygens (including phenoxy) is 1. The number of methoxy groups -OCH3 is 1. The molecule has 1 atom stereocenters. The van der Waals surface area contributed by atoms with Gasteiger partial charge in [0.15, 0.2) is 0 Å². The van der Waals surface area contributed by atoms with Gasteiger partial charge in [0.25, 0.3) is 0 Å². The number of esters is 1. The van der Waals surface area contributed by atoms with E-state index in [4.69, 9.17) is 0 Å².